The Kier molecular flexibility index (Phi) is 6.13. The van der Waals surface area contributed by atoms with Crippen LogP contribution in [0, 0.1) is 5.92 Å². The Morgan fingerprint density at radius 2 is 1.96 bits per heavy atom. The fourth-order valence-electron chi connectivity index (χ4n) is 3.27. The number of aromatic nitrogens is 2. The maximum atomic E-state index is 12.8. The van der Waals surface area contributed by atoms with Crippen LogP contribution >= 0.6 is 15.9 Å². The first-order valence-electron chi connectivity index (χ1n) is 9.42. The highest BCUT2D eigenvalue weighted by molar-refractivity contribution is 9.10. The van der Waals surface area contributed by atoms with Gasteiger partial charge in [0.2, 0.25) is 5.91 Å². The van der Waals surface area contributed by atoms with E-state index in [-0.39, 0.29) is 23.8 Å². The van der Waals surface area contributed by atoms with Crippen LogP contribution < -0.4 is 5.32 Å². The predicted octanol–water partition coefficient (Wildman–Crippen LogP) is 3.72. The summed E-state index contributed by atoms with van der Waals surface area (Å²) >= 11 is 3.43. The van der Waals surface area contributed by atoms with Crippen molar-refractivity contribution in [2.75, 3.05) is 13.1 Å². The average molecular weight is 445 g/mol. The third-order valence-electron chi connectivity index (χ3n) is 5.42. The fourth-order valence-corrected chi connectivity index (χ4v) is 3.71. The highest BCUT2D eigenvalue weighted by atomic mass is 79.9. The molecule has 0 aliphatic carbocycles. The Hall–Kier alpha value is -2.28. The zero-order chi connectivity index (χ0) is 20.4. The number of hydrogen-bond acceptors (Lipinski definition) is 4. The molecule has 0 saturated carbocycles. The van der Waals surface area contributed by atoms with Crippen LogP contribution in [0.5, 0.6) is 0 Å². The predicted molar refractivity (Wildman–Crippen MR) is 113 cm³/mol. The lowest BCUT2D eigenvalue weighted by atomic mass is 9.92. The van der Waals surface area contributed by atoms with Crippen LogP contribution in [0.1, 0.15) is 44.6 Å². The monoisotopic (exact) mass is 444 g/mol. The fraction of sp³-hybridized carbons (Fsp3) is 0.429. The summed E-state index contributed by atoms with van der Waals surface area (Å²) in [5, 5.41) is 3.95. The molecular weight excluding hydrogens is 420 g/mol. The van der Waals surface area contributed by atoms with Crippen molar-refractivity contribution in [2.45, 2.75) is 40.2 Å². The van der Waals surface area contributed by atoms with Gasteiger partial charge in [0, 0.05) is 42.5 Å². The van der Waals surface area contributed by atoms with Crippen molar-refractivity contribution < 1.29 is 9.59 Å². The van der Waals surface area contributed by atoms with Crippen molar-refractivity contribution >= 4 is 38.6 Å². The molecule has 1 aliphatic rings. The van der Waals surface area contributed by atoms with Gasteiger partial charge in [0.25, 0.3) is 5.91 Å². The van der Waals surface area contributed by atoms with Gasteiger partial charge in [-0.05, 0) is 61.2 Å². The molecule has 0 bridgehead atoms. The molecule has 1 aliphatic heterocycles. The Labute approximate surface area is 173 Å². The molecule has 2 aromatic rings. The molecule has 1 saturated heterocycles. The molecule has 148 valence electrons. The number of nitrogens with one attached hydrogen (secondary N) is 1. The summed E-state index contributed by atoms with van der Waals surface area (Å²) in [7, 11) is 0. The summed E-state index contributed by atoms with van der Waals surface area (Å²) in [5.74, 6) is 0.110. The van der Waals surface area contributed by atoms with E-state index in [0.717, 1.165) is 27.4 Å². The molecule has 3 rings (SSSR count). The van der Waals surface area contributed by atoms with Crippen molar-refractivity contribution in [2.24, 2.45) is 5.92 Å². The van der Waals surface area contributed by atoms with Crippen LogP contribution in [0.15, 0.2) is 40.1 Å². The molecule has 6 nitrogen and oxygen atoms in total. The van der Waals surface area contributed by atoms with E-state index in [1.54, 1.807) is 18.5 Å². The molecule has 1 fully saturated rings. The van der Waals surface area contributed by atoms with E-state index >= 15 is 0 Å². The van der Waals surface area contributed by atoms with Crippen molar-refractivity contribution in [3.8, 4) is 0 Å². The van der Waals surface area contributed by atoms with Crippen LogP contribution in [0.3, 0.4) is 0 Å². The summed E-state index contributed by atoms with van der Waals surface area (Å²) in [6.07, 6.45) is 4.23. The lowest BCUT2D eigenvalue weighted by Crippen LogP contribution is -2.53. The van der Waals surface area contributed by atoms with E-state index in [1.165, 1.54) is 0 Å². The third kappa shape index (κ3) is 4.24. The van der Waals surface area contributed by atoms with Crippen LogP contribution in [-0.4, -0.2) is 45.8 Å². The number of rotatable bonds is 3. The van der Waals surface area contributed by atoms with Gasteiger partial charge in [-0.15, -0.1) is 0 Å². The second-order valence-corrected chi connectivity index (χ2v) is 8.47. The molecule has 0 radical (unpaired) electrons. The van der Waals surface area contributed by atoms with E-state index in [2.05, 4.69) is 38.1 Å². The summed E-state index contributed by atoms with van der Waals surface area (Å²) in [6, 6.07) is 3.44. The SMILES string of the molecule is CC(C)=C(C)C(=O)N1CCC(C)C(NC(=O)c2ccc3cncc(Br)c3n2)C1. The molecule has 0 spiro atoms. The van der Waals surface area contributed by atoms with Crippen molar-refractivity contribution in [1.82, 2.24) is 20.2 Å². The summed E-state index contributed by atoms with van der Waals surface area (Å²) in [6.45, 7) is 9.07. The lowest BCUT2D eigenvalue weighted by Gasteiger charge is -2.37. The molecule has 2 unspecified atom stereocenters. The molecule has 3 heterocycles. The number of allylic oxidation sites excluding steroid dienone is 1. The van der Waals surface area contributed by atoms with Gasteiger partial charge in [0.05, 0.1) is 9.99 Å². The molecule has 7 heteroatoms. The molecule has 2 amide bonds. The number of amides is 2. The third-order valence-corrected chi connectivity index (χ3v) is 6.00. The van der Waals surface area contributed by atoms with Crippen LogP contribution in [0.2, 0.25) is 0 Å². The van der Waals surface area contributed by atoms with Gasteiger partial charge in [0.15, 0.2) is 0 Å². The van der Waals surface area contributed by atoms with E-state index in [0.29, 0.717) is 24.3 Å². The van der Waals surface area contributed by atoms with E-state index in [9.17, 15) is 9.59 Å². The van der Waals surface area contributed by atoms with Gasteiger partial charge in [-0.25, -0.2) is 4.98 Å². The number of carbonyl (C=O) groups excluding carboxylic acids is 2. The number of pyridine rings is 2. The smallest absolute Gasteiger partial charge is 0.270 e. The Balaban J connectivity index is 1.76. The van der Waals surface area contributed by atoms with E-state index in [4.69, 9.17) is 0 Å². The van der Waals surface area contributed by atoms with Crippen molar-refractivity contribution in [3.63, 3.8) is 0 Å². The highest BCUT2D eigenvalue weighted by Crippen LogP contribution is 2.22. The standard InChI is InChI=1S/C21H25BrN4O2/c1-12(2)14(4)21(28)26-8-7-13(3)18(11-26)25-20(27)17-6-5-15-9-23-10-16(22)19(15)24-17/h5-6,9-10,13,18H,7-8,11H2,1-4H3,(H,25,27). The van der Waals surface area contributed by atoms with Gasteiger partial charge in [-0.1, -0.05) is 12.5 Å². The molecule has 2 aromatic heterocycles. The van der Waals surface area contributed by atoms with E-state index < -0.39 is 0 Å². The normalized spacial score (nSPS) is 19.4. The number of nitrogens with zero attached hydrogens (tertiary/aromatic N) is 3. The van der Waals surface area contributed by atoms with Gasteiger partial charge in [-0.3, -0.25) is 14.6 Å². The summed E-state index contributed by atoms with van der Waals surface area (Å²) < 4.78 is 0.750. The largest absolute Gasteiger partial charge is 0.346 e. The van der Waals surface area contributed by atoms with Crippen LogP contribution in [-0.2, 0) is 4.79 Å². The van der Waals surface area contributed by atoms with Crippen LogP contribution in [0.4, 0.5) is 0 Å². The zero-order valence-corrected chi connectivity index (χ0v) is 18.2. The molecular formula is C21H25BrN4O2. The van der Waals surface area contributed by atoms with Gasteiger partial charge < -0.3 is 10.2 Å². The molecule has 0 aromatic carbocycles. The zero-order valence-electron chi connectivity index (χ0n) is 16.6. The quantitative estimate of drug-likeness (QED) is 0.731. The average Bonchev–Trinajstić information content (AvgIpc) is 2.68. The van der Waals surface area contributed by atoms with Crippen molar-refractivity contribution in [1.29, 1.82) is 0 Å². The number of piperidine rings is 1. The summed E-state index contributed by atoms with van der Waals surface area (Å²) in [4.78, 5) is 35.9. The first-order chi connectivity index (χ1) is 13.3. The van der Waals surface area contributed by atoms with Gasteiger partial charge in [-0.2, -0.15) is 0 Å². The number of halogens is 1. The van der Waals surface area contributed by atoms with Crippen molar-refractivity contribution in [3.05, 3.63) is 45.8 Å². The number of likely N-dealkylation sites (tertiary alicyclic amines) is 1. The number of carbonyl (C=O) groups is 2. The number of hydrogen-bond donors (Lipinski definition) is 1. The Morgan fingerprint density at radius 1 is 1.21 bits per heavy atom. The van der Waals surface area contributed by atoms with Gasteiger partial charge in [0.1, 0.15) is 5.69 Å². The minimum atomic E-state index is -0.226. The van der Waals surface area contributed by atoms with Gasteiger partial charge >= 0.3 is 0 Å². The second kappa shape index (κ2) is 8.39. The maximum absolute atomic E-state index is 12.8. The molecule has 28 heavy (non-hydrogen) atoms. The summed E-state index contributed by atoms with van der Waals surface area (Å²) in [5.41, 5.74) is 2.85. The maximum Gasteiger partial charge on any atom is 0.270 e. The first kappa shape index (κ1) is 20.5. The Morgan fingerprint density at radius 3 is 2.68 bits per heavy atom. The molecule has 2 atom stereocenters. The van der Waals surface area contributed by atoms with E-state index in [1.807, 2.05) is 31.7 Å². The highest BCUT2D eigenvalue weighted by Gasteiger charge is 2.31. The minimum absolute atomic E-state index is 0.0476. The Bertz CT molecular complexity index is 953. The molecule has 1 N–H and O–H groups in total. The minimum Gasteiger partial charge on any atom is -0.346 e. The lowest BCUT2D eigenvalue weighted by molar-refractivity contribution is -0.129. The first-order valence-corrected chi connectivity index (χ1v) is 10.2. The topological polar surface area (TPSA) is 75.2 Å². The second-order valence-electron chi connectivity index (χ2n) is 7.61. The number of fused-ring (bicyclic) bond motifs is 1. The van der Waals surface area contributed by atoms with Crippen LogP contribution in [0.25, 0.3) is 10.9 Å².